The summed E-state index contributed by atoms with van der Waals surface area (Å²) in [7, 11) is 0. The van der Waals surface area contributed by atoms with Crippen molar-refractivity contribution in [3.05, 3.63) is 41.5 Å². The third kappa shape index (κ3) is 3.21. The van der Waals surface area contributed by atoms with Crippen LogP contribution in [-0.4, -0.2) is 59.1 Å². The van der Waals surface area contributed by atoms with E-state index in [9.17, 15) is 14.4 Å². The van der Waals surface area contributed by atoms with E-state index in [0.29, 0.717) is 0 Å². The fourth-order valence-corrected chi connectivity index (χ4v) is 6.43. The molecule has 1 heterocycles. The number of esters is 1. The van der Waals surface area contributed by atoms with Crippen molar-refractivity contribution in [1.82, 2.24) is 10.0 Å². The van der Waals surface area contributed by atoms with Crippen LogP contribution >= 0.6 is 0 Å². The standard InChI is InChI=1S/C26H32N2O6/c1-6-32-19(29)13-18-16-9-7-8-10-17(16)20-21(18)23-26(11-12-26)22(20)27(24(30)33-14(2)3)28(23)25(31)34-15(4)5/h7-10,13-15,20-23H,6,11-12H2,1-5H3/b18-13+/t20-,21+,22+,23-/m0/s1. The average Bonchev–Trinajstić information content (AvgIpc) is 3.34. The summed E-state index contributed by atoms with van der Waals surface area (Å²) in [6.45, 7) is 9.23. The minimum atomic E-state index is -0.556. The summed E-state index contributed by atoms with van der Waals surface area (Å²) in [5.74, 6) is -0.558. The topological polar surface area (TPSA) is 85.4 Å². The lowest BCUT2D eigenvalue weighted by molar-refractivity contribution is -0.137. The van der Waals surface area contributed by atoms with E-state index in [1.54, 1.807) is 40.7 Å². The largest absolute Gasteiger partial charge is 0.463 e. The van der Waals surface area contributed by atoms with E-state index in [1.165, 1.54) is 10.0 Å². The maximum atomic E-state index is 13.4. The highest BCUT2D eigenvalue weighted by atomic mass is 16.6. The fraction of sp³-hybridized carbons (Fsp3) is 0.577. The number of nitrogens with zero attached hydrogens (tertiary/aromatic N) is 2. The lowest BCUT2D eigenvalue weighted by Crippen LogP contribution is -2.58. The van der Waals surface area contributed by atoms with Crippen LogP contribution in [0.2, 0.25) is 0 Å². The van der Waals surface area contributed by atoms with E-state index in [4.69, 9.17) is 14.2 Å². The van der Waals surface area contributed by atoms with Gasteiger partial charge in [-0.2, -0.15) is 0 Å². The van der Waals surface area contributed by atoms with Crippen LogP contribution in [0, 0.1) is 11.3 Å². The van der Waals surface area contributed by atoms with Gasteiger partial charge in [-0.05, 0) is 64.2 Å². The SMILES string of the molecule is CCOC(=O)/C=C1\c2ccccc2[C@H]2[C@@H]1[C@@H]1N(C(=O)OC(C)C)N(C(=O)OC(C)C)[C@H]2C12CC2. The molecule has 8 nitrogen and oxygen atoms in total. The van der Waals surface area contributed by atoms with Gasteiger partial charge in [-0.25, -0.2) is 24.4 Å². The number of hydrogen-bond donors (Lipinski definition) is 0. The number of fused-ring (bicyclic) bond motifs is 5. The third-order valence-corrected chi connectivity index (χ3v) is 7.43. The minimum absolute atomic E-state index is 0.0350. The van der Waals surface area contributed by atoms with Crippen molar-refractivity contribution >= 4 is 23.7 Å². The molecule has 0 aromatic heterocycles. The van der Waals surface area contributed by atoms with Gasteiger partial charge >= 0.3 is 18.2 Å². The number of carbonyl (C=O) groups is 3. The van der Waals surface area contributed by atoms with Crippen LogP contribution in [0.3, 0.4) is 0 Å². The molecule has 4 aliphatic rings. The first kappa shape index (κ1) is 22.7. The Balaban J connectivity index is 1.65. The summed E-state index contributed by atoms with van der Waals surface area (Å²) in [5.41, 5.74) is 2.72. The van der Waals surface area contributed by atoms with E-state index in [1.807, 2.05) is 18.2 Å². The molecule has 1 aromatic carbocycles. The van der Waals surface area contributed by atoms with E-state index >= 15 is 0 Å². The molecule has 0 N–H and O–H groups in total. The number of amides is 2. The van der Waals surface area contributed by atoms with E-state index in [0.717, 1.165) is 29.5 Å². The van der Waals surface area contributed by atoms with Crippen molar-refractivity contribution < 1.29 is 28.6 Å². The number of hydrogen-bond acceptors (Lipinski definition) is 6. The van der Waals surface area contributed by atoms with Crippen molar-refractivity contribution in [2.75, 3.05) is 6.61 Å². The van der Waals surface area contributed by atoms with Crippen LogP contribution in [0.25, 0.3) is 5.57 Å². The second kappa shape index (κ2) is 8.03. The Hall–Kier alpha value is -3.03. The van der Waals surface area contributed by atoms with Crippen LogP contribution in [0.5, 0.6) is 0 Å². The normalized spacial score (nSPS) is 28.5. The van der Waals surface area contributed by atoms with Gasteiger partial charge in [0.05, 0.1) is 30.9 Å². The first-order chi connectivity index (χ1) is 16.2. The number of ether oxygens (including phenoxy) is 3. The molecule has 5 rings (SSSR count). The lowest BCUT2D eigenvalue weighted by Gasteiger charge is -2.42. The van der Waals surface area contributed by atoms with E-state index in [2.05, 4.69) is 6.07 Å². The smallest absolute Gasteiger partial charge is 0.429 e. The molecular formula is C26H32N2O6. The molecule has 1 aromatic rings. The second-order valence-corrected chi connectivity index (χ2v) is 10.2. The molecular weight excluding hydrogens is 436 g/mol. The van der Waals surface area contributed by atoms with Crippen molar-refractivity contribution in [3.63, 3.8) is 0 Å². The fourth-order valence-electron chi connectivity index (χ4n) is 6.43. The highest BCUT2D eigenvalue weighted by molar-refractivity contribution is 5.95. The molecule has 0 unspecified atom stereocenters. The molecule has 1 saturated heterocycles. The zero-order valence-corrected chi connectivity index (χ0v) is 20.3. The summed E-state index contributed by atoms with van der Waals surface area (Å²) in [6, 6.07) is 7.45. The van der Waals surface area contributed by atoms with Crippen LogP contribution in [0.15, 0.2) is 30.3 Å². The van der Waals surface area contributed by atoms with E-state index in [-0.39, 0.29) is 48.1 Å². The Kier molecular flexibility index (Phi) is 5.37. The van der Waals surface area contributed by atoms with Gasteiger partial charge in [-0.1, -0.05) is 24.3 Å². The Bertz CT molecular complexity index is 1060. The molecule has 4 atom stereocenters. The Morgan fingerprint density at radius 3 is 2.06 bits per heavy atom. The number of benzene rings is 1. The Morgan fingerprint density at radius 1 is 0.971 bits per heavy atom. The Labute approximate surface area is 199 Å². The first-order valence-corrected chi connectivity index (χ1v) is 12.2. The van der Waals surface area contributed by atoms with E-state index < -0.39 is 18.2 Å². The molecule has 8 heteroatoms. The maximum Gasteiger partial charge on any atom is 0.429 e. The van der Waals surface area contributed by atoms with Crippen molar-refractivity contribution in [3.8, 4) is 0 Å². The third-order valence-electron chi connectivity index (χ3n) is 7.43. The van der Waals surface area contributed by atoms with Gasteiger partial charge in [-0.15, -0.1) is 0 Å². The first-order valence-electron chi connectivity index (χ1n) is 12.2. The van der Waals surface area contributed by atoms with Gasteiger partial charge in [0.15, 0.2) is 0 Å². The molecule has 3 aliphatic carbocycles. The van der Waals surface area contributed by atoms with Crippen molar-refractivity contribution in [1.29, 1.82) is 0 Å². The van der Waals surface area contributed by atoms with Crippen LogP contribution < -0.4 is 0 Å². The van der Waals surface area contributed by atoms with Gasteiger partial charge in [0, 0.05) is 23.3 Å². The van der Waals surface area contributed by atoms with Gasteiger partial charge in [-0.3, -0.25) is 0 Å². The number of hydrazine groups is 1. The summed E-state index contributed by atoms with van der Waals surface area (Å²) < 4.78 is 16.4. The highest BCUT2D eigenvalue weighted by Gasteiger charge is 2.79. The van der Waals surface area contributed by atoms with Crippen LogP contribution in [0.4, 0.5) is 9.59 Å². The predicted octanol–water partition coefficient (Wildman–Crippen LogP) is 4.50. The summed E-state index contributed by atoms with van der Waals surface area (Å²) in [5, 5.41) is 3.02. The van der Waals surface area contributed by atoms with Gasteiger partial charge in [0.25, 0.3) is 0 Å². The van der Waals surface area contributed by atoms with Crippen LogP contribution in [-0.2, 0) is 19.0 Å². The zero-order chi connectivity index (χ0) is 24.4. The molecule has 3 fully saturated rings. The molecule has 34 heavy (non-hydrogen) atoms. The summed E-state index contributed by atoms with van der Waals surface area (Å²) in [4.78, 5) is 39.3. The average molecular weight is 469 g/mol. The van der Waals surface area contributed by atoms with Crippen LogP contribution in [0.1, 0.15) is 64.5 Å². The van der Waals surface area contributed by atoms with Crippen molar-refractivity contribution in [2.45, 2.75) is 77.7 Å². The molecule has 2 bridgehead atoms. The predicted molar refractivity (Wildman–Crippen MR) is 123 cm³/mol. The molecule has 2 amide bonds. The molecule has 0 radical (unpaired) electrons. The summed E-state index contributed by atoms with van der Waals surface area (Å²) in [6.07, 6.45) is 1.63. The molecule has 1 spiro atoms. The highest BCUT2D eigenvalue weighted by Crippen LogP contribution is 2.75. The molecule has 1 aliphatic heterocycles. The minimum Gasteiger partial charge on any atom is -0.463 e. The van der Waals surface area contributed by atoms with Gasteiger partial charge < -0.3 is 14.2 Å². The Morgan fingerprint density at radius 2 is 1.53 bits per heavy atom. The monoisotopic (exact) mass is 468 g/mol. The molecule has 182 valence electrons. The second-order valence-electron chi connectivity index (χ2n) is 10.2. The number of carbonyl (C=O) groups excluding carboxylic acids is 3. The molecule has 2 saturated carbocycles. The van der Waals surface area contributed by atoms with Gasteiger partial charge in [0.1, 0.15) is 0 Å². The quantitative estimate of drug-likeness (QED) is 0.367. The van der Waals surface area contributed by atoms with Gasteiger partial charge in [0.2, 0.25) is 0 Å². The lowest BCUT2D eigenvalue weighted by atomic mass is 9.88. The maximum absolute atomic E-state index is 13.4. The van der Waals surface area contributed by atoms with Crippen molar-refractivity contribution in [2.24, 2.45) is 11.3 Å². The zero-order valence-electron chi connectivity index (χ0n) is 20.3. The number of rotatable bonds is 4. The summed E-state index contributed by atoms with van der Waals surface area (Å²) >= 11 is 0.